The van der Waals surface area contributed by atoms with E-state index in [1.165, 1.54) is 12.8 Å². The summed E-state index contributed by atoms with van der Waals surface area (Å²) >= 11 is 0. The quantitative estimate of drug-likeness (QED) is 0.898. The Morgan fingerprint density at radius 3 is 2.36 bits per heavy atom. The molecule has 1 aromatic rings. The molecule has 1 aliphatic carbocycles. The molecule has 1 N–H and O–H groups in total. The van der Waals surface area contributed by atoms with Crippen LogP contribution < -0.4 is 9.80 Å². The first-order chi connectivity index (χ1) is 10.6. The first kappa shape index (κ1) is 15.5. The van der Waals surface area contributed by atoms with Crippen LogP contribution in [0.3, 0.4) is 0 Å². The first-order valence-electron chi connectivity index (χ1n) is 8.33. The van der Waals surface area contributed by atoms with Crippen LogP contribution in [0.4, 0.5) is 11.6 Å². The van der Waals surface area contributed by atoms with Crippen molar-refractivity contribution in [1.82, 2.24) is 15.1 Å². The number of nitrogens with zero attached hydrogens (tertiary/aromatic N) is 5. The van der Waals surface area contributed by atoms with Crippen molar-refractivity contribution in [2.45, 2.75) is 37.8 Å². The van der Waals surface area contributed by atoms with Gasteiger partial charge in [-0.15, -0.1) is 10.2 Å². The molecule has 122 valence electrons. The van der Waals surface area contributed by atoms with Crippen molar-refractivity contribution in [3.05, 3.63) is 12.1 Å². The van der Waals surface area contributed by atoms with Crippen molar-refractivity contribution in [3.63, 3.8) is 0 Å². The molecule has 0 radical (unpaired) electrons. The van der Waals surface area contributed by atoms with E-state index in [9.17, 15) is 5.11 Å². The molecule has 6 heteroatoms. The second-order valence-corrected chi connectivity index (χ2v) is 6.59. The van der Waals surface area contributed by atoms with Crippen molar-refractivity contribution in [1.29, 1.82) is 0 Å². The minimum Gasteiger partial charge on any atom is -0.391 e. The van der Waals surface area contributed by atoms with Crippen LogP contribution >= 0.6 is 0 Å². The average molecular weight is 305 g/mol. The Bertz CT molecular complexity index is 470. The van der Waals surface area contributed by atoms with Crippen LogP contribution in [-0.2, 0) is 0 Å². The molecular formula is C16H27N5O. The van der Waals surface area contributed by atoms with E-state index in [0.29, 0.717) is 6.04 Å². The average Bonchev–Trinajstić information content (AvgIpc) is 2.56. The highest BCUT2D eigenvalue weighted by molar-refractivity contribution is 5.44. The Balaban J connectivity index is 1.57. The van der Waals surface area contributed by atoms with Crippen molar-refractivity contribution in [2.75, 3.05) is 50.1 Å². The molecule has 2 atom stereocenters. The summed E-state index contributed by atoms with van der Waals surface area (Å²) in [5, 5.41) is 18.8. The smallest absolute Gasteiger partial charge is 0.151 e. The maximum absolute atomic E-state index is 10.2. The topological polar surface area (TPSA) is 55.7 Å². The van der Waals surface area contributed by atoms with E-state index in [2.05, 4.69) is 20.0 Å². The lowest BCUT2D eigenvalue weighted by Crippen LogP contribution is -2.54. The number of aliphatic hydroxyl groups excluding tert-OH is 1. The summed E-state index contributed by atoms with van der Waals surface area (Å²) in [6, 6.07) is 4.42. The second kappa shape index (κ2) is 6.79. The van der Waals surface area contributed by atoms with E-state index >= 15 is 0 Å². The highest BCUT2D eigenvalue weighted by atomic mass is 16.3. The molecule has 0 aromatic carbocycles. The van der Waals surface area contributed by atoms with E-state index in [0.717, 1.165) is 50.7 Å². The van der Waals surface area contributed by atoms with Gasteiger partial charge in [0.2, 0.25) is 0 Å². The summed E-state index contributed by atoms with van der Waals surface area (Å²) in [4.78, 5) is 6.71. The van der Waals surface area contributed by atoms with Gasteiger partial charge in [0.15, 0.2) is 11.6 Å². The predicted octanol–water partition coefficient (Wildman–Crippen LogP) is 0.968. The molecule has 3 rings (SSSR count). The van der Waals surface area contributed by atoms with E-state index < -0.39 is 0 Å². The molecule has 22 heavy (non-hydrogen) atoms. The lowest BCUT2D eigenvalue weighted by molar-refractivity contribution is 0.0172. The van der Waals surface area contributed by atoms with Crippen molar-refractivity contribution < 1.29 is 5.11 Å². The van der Waals surface area contributed by atoms with Gasteiger partial charge in [0.05, 0.1) is 6.10 Å². The maximum atomic E-state index is 10.2. The zero-order chi connectivity index (χ0) is 15.5. The summed E-state index contributed by atoms with van der Waals surface area (Å²) in [5.41, 5.74) is 0. The summed E-state index contributed by atoms with van der Waals surface area (Å²) in [6.07, 6.45) is 4.38. The van der Waals surface area contributed by atoms with Crippen LogP contribution in [0.25, 0.3) is 0 Å². The minimum absolute atomic E-state index is 0.139. The van der Waals surface area contributed by atoms with Crippen molar-refractivity contribution >= 4 is 11.6 Å². The van der Waals surface area contributed by atoms with Crippen molar-refractivity contribution in [3.8, 4) is 0 Å². The molecule has 6 nitrogen and oxygen atoms in total. The lowest BCUT2D eigenvalue weighted by atomic mass is 9.91. The fourth-order valence-electron chi connectivity index (χ4n) is 3.53. The first-order valence-corrected chi connectivity index (χ1v) is 8.33. The Morgan fingerprint density at radius 2 is 1.77 bits per heavy atom. The van der Waals surface area contributed by atoms with Crippen LogP contribution in [-0.4, -0.2) is 72.6 Å². The number of aliphatic hydroxyl groups is 1. The van der Waals surface area contributed by atoms with Crippen molar-refractivity contribution in [2.24, 2.45) is 0 Å². The van der Waals surface area contributed by atoms with Gasteiger partial charge in [-0.05, 0) is 25.0 Å². The molecule has 0 spiro atoms. The molecule has 0 amide bonds. The van der Waals surface area contributed by atoms with Gasteiger partial charge >= 0.3 is 0 Å². The number of rotatable bonds is 3. The minimum atomic E-state index is -0.139. The lowest BCUT2D eigenvalue weighted by Gasteiger charge is -2.42. The molecule has 0 bridgehead atoms. The largest absolute Gasteiger partial charge is 0.391 e. The second-order valence-electron chi connectivity index (χ2n) is 6.59. The molecule has 1 aliphatic heterocycles. The van der Waals surface area contributed by atoms with Gasteiger partial charge in [0, 0.05) is 46.3 Å². The number of anilines is 2. The maximum Gasteiger partial charge on any atom is 0.151 e. The van der Waals surface area contributed by atoms with Crippen LogP contribution in [0.5, 0.6) is 0 Å². The van der Waals surface area contributed by atoms with Gasteiger partial charge in [-0.25, -0.2) is 0 Å². The van der Waals surface area contributed by atoms with Crippen LogP contribution in [0, 0.1) is 0 Å². The highest BCUT2D eigenvalue weighted by Gasteiger charge is 2.31. The Kier molecular flexibility index (Phi) is 4.78. The summed E-state index contributed by atoms with van der Waals surface area (Å²) in [6.45, 7) is 3.91. The van der Waals surface area contributed by atoms with Crippen LogP contribution in [0.2, 0.25) is 0 Å². The predicted molar refractivity (Wildman–Crippen MR) is 88.4 cm³/mol. The number of hydrogen-bond acceptors (Lipinski definition) is 6. The third-order valence-electron chi connectivity index (χ3n) is 4.90. The number of aromatic nitrogens is 2. The van der Waals surface area contributed by atoms with Crippen LogP contribution in [0.1, 0.15) is 25.7 Å². The van der Waals surface area contributed by atoms with E-state index in [1.54, 1.807) is 0 Å². The Morgan fingerprint density at radius 1 is 1.05 bits per heavy atom. The van der Waals surface area contributed by atoms with Gasteiger partial charge in [-0.1, -0.05) is 12.8 Å². The van der Waals surface area contributed by atoms with Gasteiger partial charge in [-0.3, -0.25) is 4.90 Å². The van der Waals surface area contributed by atoms with Gasteiger partial charge < -0.3 is 14.9 Å². The normalized spacial score (nSPS) is 27.0. The third-order valence-corrected chi connectivity index (χ3v) is 4.90. The number of hydrogen-bond donors (Lipinski definition) is 1. The van der Waals surface area contributed by atoms with E-state index in [-0.39, 0.29) is 6.10 Å². The summed E-state index contributed by atoms with van der Waals surface area (Å²) in [5.74, 6) is 1.84. The number of piperazine rings is 1. The Hall–Kier alpha value is -1.40. The summed E-state index contributed by atoms with van der Waals surface area (Å²) < 4.78 is 0. The molecule has 1 aromatic heterocycles. The molecule has 1 saturated heterocycles. The molecule has 2 fully saturated rings. The molecule has 2 aliphatic rings. The molecule has 2 unspecified atom stereocenters. The van der Waals surface area contributed by atoms with E-state index in [1.807, 2.05) is 31.1 Å². The van der Waals surface area contributed by atoms with E-state index in [4.69, 9.17) is 0 Å². The zero-order valence-corrected chi connectivity index (χ0v) is 13.6. The molecule has 2 heterocycles. The zero-order valence-electron chi connectivity index (χ0n) is 13.6. The fourth-order valence-corrected chi connectivity index (χ4v) is 3.53. The summed E-state index contributed by atoms with van der Waals surface area (Å²) in [7, 11) is 3.94. The van der Waals surface area contributed by atoms with Gasteiger partial charge in [0.1, 0.15) is 0 Å². The third kappa shape index (κ3) is 3.33. The molecular weight excluding hydrogens is 278 g/mol. The highest BCUT2D eigenvalue weighted by Crippen LogP contribution is 2.25. The van der Waals surface area contributed by atoms with Gasteiger partial charge in [0.25, 0.3) is 0 Å². The fraction of sp³-hybridized carbons (Fsp3) is 0.750. The van der Waals surface area contributed by atoms with Crippen LogP contribution in [0.15, 0.2) is 12.1 Å². The Labute approximate surface area is 132 Å². The van der Waals surface area contributed by atoms with Gasteiger partial charge in [-0.2, -0.15) is 0 Å². The monoisotopic (exact) mass is 305 g/mol. The SMILES string of the molecule is CN(C)c1ccc(N2CCN(C3CCCCC3O)CC2)nn1. The standard InChI is InChI=1S/C16H27N5O/c1-19(2)15-7-8-16(18-17-15)21-11-9-20(10-12-21)13-5-3-4-6-14(13)22/h7-8,13-14,22H,3-6,9-12H2,1-2H3. The molecule has 1 saturated carbocycles.